The summed E-state index contributed by atoms with van der Waals surface area (Å²) < 4.78 is 5.72. The third-order valence-corrected chi connectivity index (χ3v) is 4.21. The molecule has 21 heavy (non-hydrogen) atoms. The molecule has 6 heteroatoms. The summed E-state index contributed by atoms with van der Waals surface area (Å²) in [5, 5.41) is 0.940. The predicted octanol–water partition coefficient (Wildman–Crippen LogP) is 3.84. The van der Waals surface area contributed by atoms with Crippen LogP contribution < -0.4 is 5.73 Å². The fraction of sp³-hybridized carbons (Fsp3) is 0.0667. The van der Waals surface area contributed by atoms with Gasteiger partial charge in [-0.1, -0.05) is 23.7 Å². The van der Waals surface area contributed by atoms with Gasteiger partial charge in [0.15, 0.2) is 5.17 Å². The second-order valence-corrected chi connectivity index (χ2v) is 6.00. The van der Waals surface area contributed by atoms with E-state index in [-0.39, 0.29) is 11.1 Å². The highest BCUT2D eigenvalue weighted by Crippen LogP contribution is 2.30. The Balaban J connectivity index is 1.89. The number of aryl methyl sites for hydroxylation is 1. The molecule has 2 N–H and O–H groups in total. The van der Waals surface area contributed by atoms with E-state index in [1.807, 2.05) is 31.2 Å². The first-order valence-corrected chi connectivity index (χ1v) is 7.37. The van der Waals surface area contributed by atoms with Crippen molar-refractivity contribution < 1.29 is 9.21 Å². The maximum atomic E-state index is 11.5. The van der Waals surface area contributed by atoms with Crippen LogP contribution in [0.25, 0.3) is 17.4 Å². The number of nitrogens with zero attached hydrogens (tertiary/aromatic N) is 1. The van der Waals surface area contributed by atoms with Crippen molar-refractivity contribution in [3.8, 4) is 11.3 Å². The van der Waals surface area contributed by atoms with Crippen LogP contribution >= 0.6 is 23.4 Å². The van der Waals surface area contributed by atoms with Gasteiger partial charge in [-0.15, -0.1) is 0 Å². The van der Waals surface area contributed by atoms with Crippen LogP contribution in [0, 0.1) is 6.92 Å². The highest BCUT2D eigenvalue weighted by atomic mass is 35.5. The molecule has 1 aliphatic rings. The summed E-state index contributed by atoms with van der Waals surface area (Å²) >= 11 is 7.25. The Hall–Kier alpha value is -1.98. The molecule has 0 spiro atoms. The monoisotopic (exact) mass is 318 g/mol. The first-order valence-electron chi connectivity index (χ1n) is 6.17. The highest BCUT2D eigenvalue weighted by Gasteiger charge is 2.20. The summed E-state index contributed by atoms with van der Waals surface area (Å²) in [5.41, 5.74) is 7.40. The predicted molar refractivity (Wildman–Crippen MR) is 86.1 cm³/mol. The van der Waals surface area contributed by atoms with E-state index < -0.39 is 0 Å². The van der Waals surface area contributed by atoms with Gasteiger partial charge in [-0.3, -0.25) is 4.79 Å². The van der Waals surface area contributed by atoms with Crippen molar-refractivity contribution >= 4 is 40.5 Å². The second-order valence-electron chi connectivity index (χ2n) is 4.53. The van der Waals surface area contributed by atoms with Crippen molar-refractivity contribution in [3.05, 3.63) is 51.6 Å². The third-order valence-electron chi connectivity index (χ3n) is 2.99. The van der Waals surface area contributed by atoms with E-state index in [2.05, 4.69) is 4.99 Å². The van der Waals surface area contributed by atoms with Crippen molar-refractivity contribution in [2.24, 2.45) is 10.7 Å². The smallest absolute Gasteiger partial charge is 0.286 e. The van der Waals surface area contributed by atoms with Crippen LogP contribution in [0.4, 0.5) is 0 Å². The zero-order chi connectivity index (χ0) is 15.0. The molecule has 106 valence electrons. The molecule has 1 amide bonds. The van der Waals surface area contributed by atoms with Gasteiger partial charge in [0.25, 0.3) is 5.91 Å². The molecule has 1 aromatic carbocycles. The van der Waals surface area contributed by atoms with Gasteiger partial charge in [0, 0.05) is 16.7 Å². The fourth-order valence-corrected chi connectivity index (χ4v) is 2.73. The molecular formula is C15H11ClN2O2S. The molecule has 0 saturated carbocycles. The zero-order valence-electron chi connectivity index (χ0n) is 11.1. The Bertz CT molecular complexity index is 793. The molecule has 0 atom stereocenters. The van der Waals surface area contributed by atoms with Gasteiger partial charge in [-0.2, -0.15) is 4.99 Å². The minimum Gasteiger partial charge on any atom is -0.457 e. The molecular weight excluding hydrogens is 308 g/mol. The molecule has 0 fully saturated rings. The van der Waals surface area contributed by atoms with Crippen molar-refractivity contribution in [1.82, 2.24) is 0 Å². The Morgan fingerprint density at radius 3 is 2.81 bits per heavy atom. The average molecular weight is 319 g/mol. The molecule has 0 unspecified atom stereocenters. The van der Waals surface area contributed by atoms with Gasteiger partial charge in [0.2, 0.25) is 0 Å². The molecule has 1 aromatic heterocycles. The summed E-state index contributed by atoms with van der Waals surface area (Å²) in [5.74, 6) is 0.921. The summed E-state index contributed by atoms with van der Waals surface area (Å²) in [6, 6.07) is 9.35. The number of benzene rings is 1. The van der Waals surface area contributed by atoms with Crippen LogP contribution in [0.1, 0.15) is 11.3 Å². The summed E-state index contributed by atoms with van der Waals surface area (Å²) in [6.07, 6.45) is 1.63. The Labute approximate surface area is 130 Å². The lowest BCUT2D eigenvalue weighted by Gasteiger charge is -2.00. The Morgan fingerprint density at radius 2 is 2.14 bits per heavy atom. The van der Waals surface area contributed by atoms with E-state index in [1.165, 1.54) is 0 Å². The van der Waals surface area contributed by atoms with Crippen molar-refractivity contribution in [3.63, 3.8) is 0 Å². The van der Waals surface area contributed by atoms with E-state index in [0.29, 0.717) is 21.4 Å². The molecule has 1 aliphatic heterocycles. The number of amides is 1. The minimum absolute atomic E-state index is 0.253. The van der Waals surface area contributed by atoms with Crippen LogP contribution in [-0.2, 0) is 4.79 Å². The Kier molecular flexibility index (Phi) is 3.61. The largest absolute Gasteiger partial charge is 0.457 e. The summed E-state index contributed by atoms with van der Waals surface area (Å²) in [4.78, 5) is 15.6. The summed E-state index contributed by atoms with van der Waals surface area (Å²) in [7, 11) is 0. The van der Waals surface area contributed by atoms with Crippen LogP contribution in [0.15, 0.2) is 44.6 Å². The molecule has 3 rings (SSSR count). The van der Waals surface area contributed by atoms with E-state index in [4.69, 9.17) is 21.8 Å². The number of aliphatic imine (C=N–C) groups is 1. The SMILES string of the molecule is Cc1ccc(-c2ccc(/C=C3/SC(N)=NC3=O)o2)cc1Cl. The fourth-order valence-electron chi connectivity index (χ4n) is 1.89. The molecule has 0 saturated heterocycles. The van der Waals surface area contributed by atoms with E-state index >= 15 is 0 Å². The molecule has 0 bridgehead atoms. The number of hydrogen-bond donors (Lipinski definition) is 1. The van der Waals surface area contributed by atoms with Gasteiger partial charge in [0.05, 0.1) is 4.91 Å². The lowest BCUT2D eigenvalue weighted by atomic mass is 10.1. The van der Waals surface area contributed by atoms with Gasteiger partial charge in [-0.25, -0.2) is 0 Å². The lowest BCUT2D eigenvalue weighted by Crippen LogP contribution is -2.01. The quantitative estimate of drug-likeness (QED) is 0.854. The van der Waals surface area contributed by atoms with Crippen LogP contribution in [0.2, 0.25) is 5.02 Å². The number of thioether (sulfide) groups is 1. The number of halogens is 1. The van der Waals surface area contributed by atoms with Crippen LogP contribution in [0.3, 0.4) is 0 Å². The van der Waals surface area contributed by atoms with E-state index in [9.17, 15) is 4.79 Å². The number of rotatable bonds is 2. The number of carbonyl (C=O) groups excluding carboxylic acids is 1. The normalized spacial score (nSPS) is 16.6. The van der Waals surface area contributed by atoms with Gasteiger partial charge in [0.1, 0.15) is 11.5 Å². The molecule has 0 aliphatic carbocycles. The lowest BCUT2D eigenvalue weighted by molar-refractivity contribution is -0.113. The van der Waals surface area contributed by atoms with Crippen molar-refractivity contribution in [2.75, 3.05) is 0 Å². The summed E-state index contributed by atoms with van der Waals surface area (Å²) in [6.45, 7) is 1.94. The average Bonchev–Trinajstić information content (AvgIpc) is 3.01. The second kappa shape index (κ2) is 5.42. The molecule has 4 nitrogen and oxygen atoms in total. The number of amidine groups is 1. The minimum atomic E-state index is -0.339. The third kappa shape index (κ3) is 2.89. The maximum Gasteiger partial charge on any atom is 0.286 e. The van der Waals surface area contributed by atoms with Crippen LogP contribution in [0.5, 0.6) is 0 Å². The number of furan rings is 1. The first kappa shape index (κ1) is 14.0. The van der Waals surface area contributed by atoms with Gasteiger partial charge >= 0.3 is 0 Å². The van der Waals surface area contributed by atoms with E-state index in [0.717, 1.165) is 22.9 Å². The standard InChI is InChI=1S/C15H11ClN2O2S/c1-8-2-3-9(6-11(8)16)12-5-4-10(20-12)7-13-14(19)18-15(17)21-13/h2-7H,1H3,(H2,17,18,19)/b13-7+. The van der Waals surface area contributed by atoms with Crippen molar-refractivity contribution in [1.29, 1.82) is 0 Å². The number of hydrogen-bond acceptors (Lipinski definition) is 4. The van der Waals surface area contributed by atoms with Gasteiger partial charge < -0.3 is 10.2 Å². The molecule has 2 heterocycles. The molecule has 0 radical (unpaired) electrons. The molecule has 2 aromatic rings. The topological polar surface area (TPSA) is 68.6 Å². The Morgan fingerprint density at radius 1 is 1.33 bits per heavy atom. The van der Waals surface area contributed by atoms with Gasteiger partial charge in [-0.05, 0) is 42.4 Å². The van der Waals surface area contributed by atoms with E-state index in [1.54, 1.807) is 12.1 Å². The zero-order valence-corrected chi connectivity index (χ0v) is 12.7. The maximum absolute atomic E-state index is 11.5. The first-order chi connectivity index (χ1) is 10.0. The van der Waals surface area contributed by atoms with Crippen LogP contribution in [-0.4, -0.2) is 11.1 Å². The number of nitrogens with two attached hydrogens (primary N) is 1. The van der Waals surface area contributed by atoms with Crippen molar-refractivity contribution in [2.45, 2.75) is 6.92 Å². The number of carbonyl (C=O) groups is 1. The highest BCUT2D eigenvalue weighted by molar-refractivity contribution is 8.18.